The molecule has 1 aliphatic carbocycles. The minimum Gasteiger partial charge on any atom is -0.397 e. The molecule has 1 aromatic rings. The summed E-state index contributed by atoms with van der Waals surface area (Å²) in [5, 5.41) is 6.22. The third kappa shape index (κ3) is 4.22. The van der Waals surface area contributed by atoms with E-state index in [0.29, 0.717) is 12.5 Å². The Hall–Kier alpha value is -1.23. The highest BCUT2D eigenvalue weighted by atomic mass is 79.9. The quantitative estimate of drug-likeness (QED) is 0.558. The molecule has 4 nitrogen and oxygen atoms in total. The molecule has 18 heavy (non-hydrogen) atoms. The molecule has 5 heteroatoms. The number of nitrogens with one attached hydrogen (secondary N) is 2. The lowest BCUT2D eigenvalue weighted by Gasteiger charge is -2.09. The Morgan fingerprint density at radius 2 is 2.22 bits per heavy atom. The number of carbonyl (C=O) groups excluding carboxylic acids is 1. The van der Waals surface area contributed by atoms with Crippen molar-refractivity contribution in [3.63, 3.8) is 0 Å². The first-order valence-corrected chi connectivity index (χ1v) is 7.03. The van der Waals surface area contributed by atoms with Crippen molar-refractivity contribution in [2.45, 2.75) is 31.7 Å². The van der Waals surface area contributed by atoms with Gasteiger partial charge in [0.2, 0.25) is 5.91 Å². The van der Waals surface area contributed by atoms with E-state index in [1.807, 2.05) is 18.2 Å². The fraction of sp³-hybridized carbons (Fsp3) is 0.462. The average molecular weight is 312 g/mol. The Balaban J connectivity index is 1.67. The van der Waals surface area contributed by atoms with Crippen molar-refractivity contribution in [3.8, 4) is 0 Å². The maximum atomic E-state index is 11.5. The molecule has 0 bridgehead atoms. The van der Waals surface area contributed by atoms with Crippen molar-refractivity contribution in [3.05, 3.63) is 22.7 Å². The number of benzene rings is 1. The van der Waals surface area contributed by atoms with Gasteiger partial charge in [0.05, 0.1) is 11.4 Å². The highest BCUT2D eigenvalue weighted by Crippen LogP contribution is 2.23. The lowest BCUT2D eigenvalue weighted by atomic mass is 10.2. The second-order valence-corrected chi connectivity index (χ2v) is 5.52. The maximum absolute atomic E-state index is 11.5. The van der Waals surface area contributed by atoms with Gasteiger partial charge >= 0.3 is 0 Å². The van der Waals surface area contributed by atoms with Crippen molar-refractivity contribution in [2.75, 3.05) is 17.6 Å². The van der Waals surface area contributed by atoms with Gasteiger partial charge in [-0.3, -0.25) is 4.79 Å². The molecule has 0 unspecified atom stereocenters. The van der Waals surface area contributed by atoms with Crippen LogP contribution in [0.5, 0.6) is 0 Å². The number of hydrogen-bond acceptors (Lipinski definition) is 3. The molecule has 0 heterocycles. The smallest absolute Gasteiger partial charge is 0.220 e. The number of anilines is 2. The van der Waals surface area contributed by atoms with Crippen molar-refractivity contribution < 1.29 is 4.79 Å². The first-order valence-electron chi connectivity index (χ1n) is 6.23. The van der Waals surface area contributed by atoms with Crippen molar-refractivity contribution in [2.24, 2.45) is 0 Å². The second kappa shape index (κ2) is 6.09. The molecule has 2 rings (SSSR count). The normalized spacial score (nSPS) is 14.3. The van der Waals surface area contributed by atoms with Gasteiger partial charge in [0.25, 0.3) is 0 Å². The van der Waals surface area contributed by atoms with Crippen LogP contribution in [0.1, 0.15) is 25.7 Å². The van der Waals surface area contributed by atoms with Gasteiger partial charge in [-0.25, -0.2) is 0 Å². The van der Waals surface area contributed by atoms with Crippen LogP contribution in [0.25, 0.3) is 0 Å². The summed E-state index contributed by atoms with van der Waals surface area (Å²) in [6.07, 6.45) is 3.65. The Labute approximate surface area is 115 Å². The zero-order valence-electron chi connectivity index (χ0n) is 10.2. The zero-order chi connectivity index (χ0) is 13.0. The summed E-state index contributed by atoms with van der Waals surface area (Å²) in [6, 6.07) is 6.15. The summed E-state index contributed by atoms with van der Waals surface area (Å²) in [7, 11) is 0. The molecule has 1 aliphatic rings. The predicted octanol–water partition coefficient (Wildman–Crippen LogP) is 2.50. The fourth-order valence-electron chi connectivity index (χ4n) is 1.68. The minimum absolute atomic E-state index is 0.154. The summed E-state index contributed by atoms with van der Waals surface area (Å²) >= 11 is 3.40. The molecule has 0 spiro atoms. The first kappa shape index (κ1) is 13.2. The molecule has 1 aromatic carbocycles. The number of amides is 1. The van der Waals surface area contributed by atoms with Crippen LogP contribution in [0.2, 0.25) is 0 Å². The van der Waals surface area contributed by atoms with Gasteiger partial charge in [0, 0.05) is 23.5 Å². The summed E-state index contributed by atoms with van der Waals surface area (Å²) < 4.78 is 0.991. The van der Waals surface area contributed by atoms with Crippen LogP contribution < -0.4 is 16.4 Å². The van der Waals surface area contributed by atoms with E-state index >= 15 is 0 Å². The van der Waals surface area contributed by atoms with E-state index in [-0.39, 0.29) is 5.91 Å². The van der Waals surface area contributed by atoms with E-state index in [2.05, 4.69) is 26.6 Å². The third-order valence-electron chi connectivity index (χ3n) is 2.85. The monoisotopic (exact) mass is 311 g/mol. The van der Waals surface area contributed by atoms with Crippen LogP contribution in [0.3, 0.4) is 0 Å². The van der Waals surface area contributed by atoms with Gasteiger partial charge in [-0.2, -0.15) is 0 Å². The number of rotatable bonds is 6. The molecular weight excluding hydrogens is 294 g/mol. The van der Waals surface area contributed by atoms with E-state index in [1.165, 1.54) is 0 Å². The van der Waals surface area contributed by atoms with E-state index in [9.17, 15) is 4.79 Å². The number of halogens is 1. The fourth-order valence-corrected chi connectivity index (χ4v) is 2.04. The van der Waals surface area contributed by atoms with E-state index < -0.39 is 0 Å². The topological polar surface area (TPSA) is 67.1 Å². The van der Waals surface area contributed by atoms with Gasteiger partial charge < -0.3 is 16.4 Å². The van der Waals surface area contributed by atoms with Crippen molar-refractivity contribution in [1.29, 1.82) is 0 Å². The molecule has 0 aliphatic heterocycles. The van der Waals surface area contributed by atoms with Crippen molar-refractivity contribution >= 4 is 33.2 Å². The molecule has 1 amide bonds. The number of carbonyl (C=O) groups is 1. The summed E-state index contributed by atoms with van der Waals surface area (Å²) in [5.41, 5.74) is 7.48. The molecule has 4 N–H and O–H groups in total. The van der Waals surface area contributed by atoms with Gasteiger partial charge in [-0.05, 0) is 37.5 Å². The zero-order valence-corrected chi connectivity index (χ0v) is 11.8. The first-order chi connectivity index (χ1) is 8.65. The highest BCUT2D eigenvalue weighted by Gasteiger charge is 2.22. The molecule has 0 aromatic heterocycles. The largest absolute Gasteiger partial charge is 0.397 e. The predicted molar refractivity (Wildman–Crippen MR) is 77.4 cm³/mol. The van der Waals surface area contributed by atoms with Gasteiger partial charge in [0.1, 0.15) is 0 Å². The third-order valence-corrected chi connectivity index (χ3v) is 3.35. The highest BCUT2D eigenvalue weighted by molar-refractivity contribution is 9.10. The standard InChI is InChI=1S/C13H18BrN3O/c14-9-3-6-11(15)12(8-9)16-7-1-2-13(18)17-10-4-5-10/h3,6,8,10,16H,1-2,4-5,7,15H2,(H,17,18). The molecule has 0 saturated heterocycles. The second-order valence-electron chi connectivity index (χ2n) is 4.60. The van der Waals surface area contributed by atoms with Crippen LogP contribution in [0.4, 0.5) is 11.4 Å². The molecule has 98 valence electrons. The maximum Gasteiger partial charge on any atom is 0.220 e. The van der Waals surface area contributed by atoms with Crippen LogP contribution in [0.15, 0.2) is 22.7 Å². The summed E-state index contributed by atoms with van der Waals surface area (Å²) in [6.45, 7) is 0.749. The number of hydrogen-bond donors (Lipinski definition) is 3. The van der Waals surface area contributed by atoms with Crippen LogP contribution in [0, 0.1) is 0 Å². The van der Waals surface area contributed by atoms with Crippen LogP contribution in [-0.4, -0.2) is 18.5 Å². The lowest BCUT2D eigenvalue weighted by Crippen LogP contribution is -2.25. The van der Waals surface area contributed by atoms with Gasteiger partial charge in [-0.15, -0.1) is 0 Å². The van der Waals surface area contributed by atoms with Gasteiger partial charge in [-0.1, -0.05) is 15.9 Å². The van der Waals surface area contributed by atoms with E-state index in [4.69, 9.17) is 5.73 Å². The summed E-state index contributed by atoms with van der Waals surface area (Å²) in [5.74, 6) is 0.154. The lowest BCUT2D eigenvalue weighted by molar-refractivity contribution is -0.121. The summed E-state index contributed by atoms with van der Waals surface area (Å²) in [4.78, 5) is 11.5. The molecule has 1 fully saturated rings. The Morgan fingerprint density at radius 1 is 1.44 bits per heavy atom. The van der Waals surface area contributed by atoms with Crippen LogP contribution >= 0.6 is 15.9 Å². The average Bonchev–Trinajstić information content (AvgIpc) is 3.13. The molecular formula is C13H18BrN3O. The molecule has 0 atom stereocenters. The minimum atomic E-state index is 0.154. The Bertz CT molecular complexity index is 432. The molecule has 1 saturated carbocycles. The Morgan fingerprint density at radius 3 is 2.94 bits per heavy atom. The van der Waals surface area contributed by atoms with E-state index in [1.54, 1.807) is 0 Å². The van der Waals surface area contributed by atoms with Gasteiger partial charge in [0.15, 0.2) is 0 Å². The number of nitrogen functional groups attached to an aromatic ring is 1. The number of nitrogens with two attached hydrogens (primary N) is 1. The van der Waals surface area contributed by atoms with E-state index in [0.717, 1.165) is 41.7 Å². The Kier molecular flexibility index (Phi) is 4.47. The van der Waals surface area contributed by atoms with Crippen molar-refractivity contribution in [1.82, 2.24) is 5.32 Å². The molecule has 0 radical (unpaired) electrons. The SMILES string of the molecule is Nc1ccc(Br)cc1NCCCC(=O)NC1CC1. The van der Waals surface area contributed by atoms with Crippen LogP contribution in [-0.2, 0) is 4.79 Å².